The first-order chi connectivity index (χ1) is 11.9. The molecule has 0 saturated carbocycles. The van der Waals surface area contributed by atoms with Crippen molar-refractivity contribution >= 4 is 10.8 Å². The predicted molar refractivity (Wildman–Crippen MR) is 94.8 cm³/mol. The average molecular weight is 313 g/mol. The summed E-state index contributed by atoms with van der Waals surface area (Å²) in [5.74, 6) is 0.830. The number of aromatic nitrogens is 3. The number of hydrogen-bond donors (Lipinski definition) is 0. The second kappa shape index (κ2) is 6.08. The van der Waals surface area contributed by atoms with Crippen molar-refractivity contribution in [3.63, 3.8) is 0 Å². The number of fused-ring (bicyclic) bond motifs is 1. The Morgan fingerprint density at radius 2 is 1.42 bits per heavy atom. The molecule has 0 fully saturated rings. The lowest BCUT2D eigenvalue weighted by molar-refractivity contribution is 0.415. The Labute approximate surface area is 139 Å². The van der Waals surface area contributed by atoms with E-state index in [1.165, 1.54) is 0 Å². The predicted octanol–water partition coefficient (Wildman–Crippen LogP) is 4.37. The quantitative estimate of drug-likeness (QED) is 0.563. The molecule has 4 nitrogen and oxygen atoms in total. The van der Waals surface area contributed by atoms with Crippen LogP contribution in [0.3, 0.4) is 0 Å². The molecule has 0 saturated heterocycles. The summed E-state index contributed by atoms with van der Waals surface area (Å²) in [5.41, 5.74) is 4.08. The van der Waals surface area contributed by atoms with Gasteiger partial charge in [0.05, 0.1) is 25.2 Å². The van der Waals surface area contributed by atoms with Gasteiger partial charge in [-0.15, -0.1) is 0 Å². The Hall–Kier alpha value is -3.27. The van der Waals surface area contributed by atoms with E-state index in [0.29, 0.717) is 0 Å². The Morgan fingerprint density at radius 1 is 0.708 bits per heavy atom. The number of benzene rings is 2. The first kappa shape index (κ1) is 14.3. The normalized spacial score (nSPS) is 10.7. The Morgan fingerprint density at radius 3 is 2.12 bits per heavy atom. The number of ether oxygens (including phenoxy) is 1. The highest BCUT2D eigenvalue weighted by Crippen LogP contribution is 2.33. The number of hydrogen-bond acceptors (Lipinski definition) is 4. The molecule has 0 N–H and O–H groups in total. The van der Waals surface area contributed by atoms with E-state index in [4.69, 9.17) is 9.72 Å². The lowest BCUT2D eigenvalue weighted by Crippen LogP contribution is -1.92. The molecule has 0 unspecified atom stereocenters. The van der Waals surface area contributed by atoms with Crippen molar-refractivity contribution in [2.45, 2.75) is 0 Å². The molecule has 116 valence electrons. The maximum Gasteiger partial charge on any atom is 0.118 e. The van der Waals surface area contributed by atoms with Crippen molar-refractivity contribution in [1.29, 1.82) is 0 Å². The molecule has 4 rings (SSSR count). The zero-order chi connectivity index (χ0) is 16.4. The van der Waals surface area contributed by atoms with Crippen LogP contribution in [0.5, 0.6) is 5.75 Å². The minimum absolute atomic E-state index is 0.830. The molecule has 0 aliphatic carbocycles. The van der Waals surface area contributed by atoms with E-state index in [0.717, 1.165) is 38.9 Å². The highest BCUT2D eigenvalue weighted by Gasteiger charge is 2.11. The largest absolute Gasteiger partial charge is 0.497 e. The van der Waals surface area contributed by atoms with Crippen LogP contribution in [-0.2, 0) is 0 Å². The summed E-state index contributed by atoms with van der Waals surface area (Å²) in [6.45, 7) is 0. The molecule has 2 aromatic carbocycles. The van der Waals surface area contributed by atoms with Crippen molar-refractivity contribution in [3.8, 4) is 28.1 Å². The third-order valence-corrected chi connectivity index (χ3v) is 4.05. The van der Waals surface area contributed by atoms with Crippen LogP contribution in [0.2, 0.25) is 0 Å². The van der Waals surface area contributed by atoms with Gasteiger partial charge in [0.25, 0.3) is 0 Å². The monoisotopic (exact) mass is 313 g/mol. The van der Waals surface area contributed by atoms with Crippen LogP contribution in [0.1, 0.15) is 0 Å². The lowest BCUT2D eigenvalue weighted by Gasteiger charge is -2.10. The average Bonchev–Trinajstić information content (AvgIpc) is 2.68. The number of nitrogens with zero attached hydrogens (tertiary/aromatic N) is 3. The van der Waals surface area contributed by atoms with Crippen molar-refractivity contribution in [2.75, 3.05) is 7.11 Å². The van der Waals surface area contributed by atoms with Crippen LogP contribution in [0.15, 0.2) is 73.2 Å². The van der Waals surface area contributed by atoms with Crippen molar-refractivity contribution in [2.24, 2.45) is 0 Å². The number of rotatable bonds is 3. The van der Waals surface area contributed by atoms with E-state index in [1.54, 1.807) is 19.5 Å². The Bertz CT molecular complexity index is 983. The summed E-state index contributed by atoms with van der Waals surface area (Å²) in [4.78, 5) is 4.70. The van der Waals surface area contributed by atoms with Gasteiger partial charge in [0.2, 0.25) is 0 Å². The minimum atomic E-state index is 0.830. The second-order valence-corrected chi connectivity index (χ2v) is 5.43. The summed E-state index contributed by atoms with van der Waals surface area (Å²) in [6.07, 6.45) is 5.47. The van der Waals surface area contributed by atoms with E-state index in [9.17, 15) is 0 Å². The molecular formula is C20H15N3O. The topological polar surface area (TPSA) is 47.9 Å². The lowest BCUT2D eigenvalue weighted by atomic mass is 9.99. The zero-order valence-electron chi connectivity index (χ0n) is 13.2. The van der Waals surface area contributed by atoms with Gasteiger partial charge in [-0.05, 0) is 17.7 Å². The first-order valence-corrected chi connectivity index (χ1v) is 7.66. The SMILES string of the molecule is COc1ccc(-c2cnc(-c3ccccc3)c3cnncc23)cc1. The molecule has 0 bridgehead atoms. The minimum Gasteiger partial charge on any atom is -0.497 e. The maximum atomic E-state index is 5.23. The maximum absolute atomic E-state index is 5.23. The third kappa shape index (κ3) is 2.48. The second-order valence-electron chi connectivity index (χ2n) is 5.43. The van der Waals surface area contributed by atoms with Crippen molar-refractivity contribution in [1.82, 2.24) is 15.2 Å². The summed E-state index contributed by atoms with van der Waals surface area (Å²) in [6, 6.07) is 18.1. The molecule has 0 atom stereocenters. The third-order valence-electron chi connectivity index (χ3n) is 4.05. The van der Waals surface area contributed by atoms with Crippen LogP contribution in [0, 0.1) is 0 Å². The Balaban J connectivity index is 1.92. The van der Waals surface area contributed by atoms with Gasteiger partial charge in [0.1, 0.15) is 5.75 Å². The molecule has 0 aliphatic heterocycles. The van der Waals surface area contributed by atoms with Gasteiger partial charge in [-0.25, -0.2) is 0 Å². The molecule has 4 aromatic rings. The van der Waals surface area contributed by atoms with Gasteiger partial charge >= 0.3 is 0 Å². The summed E-state index contributed by atoms with van der Waals surface area (Å²) in [7, 11) is 1.66. The van der Waals surface area contributed by atoms with Gasteiger partial charge in [-0.1, -0.05) is 42.5 Å². The van der Waals surface area contributed by atoms with Crippen molar-refractivity contribution in [3.05, 3.63) is 73.2 Å². The van der Waals surface area contributed by atoms with E-state index in [-0.39, 0.29) is 0 Å². The summed E-state index contributed by atoms with van der Waals surface area (Å²) in [5, 5.41) is 10.1. The van der Waals surface area contributed by atoms with Crippen LogP contribution < -0.4 is 4.74 Å². The molecule has 0 amide bonds. The van der Waals surface area contributed by atoms with Gasteiger partial charge in [0, 0.05) is 28.1 Å². The molecular weight excluding hydrogens is 298 g/mol. The number of methoxy groups -OCH3 is 1. The molecule has 2 heterocycles. The fourth-order valence-corrected chi connectivity index (χ4v) is 2.82. The Kier molecular flexibility index (Phi) is 3.63. The molecule has 24 heavy (non-hydrogen) atoms. The molecule has 2 aromatic heterocycles. The van der Waals surface area contributed by atoms with E-state index >= 15 is 0 Å². The van der Waals surface area contributed by atoms with Crippen molar-refractivity contribution < 1.29 is 4.74 Å². The fraction of sp³-hybridized carbons (Fsp3) is 0.0500. The molecule has 0 spiro atoms. The van der Waals surface area contributed by atoms with Gasteiger partial charge in [-0.3, -0.25) is 4.98 Å². The van der Waals surface area contributed by atoms with Crippen LogP contribution in [-0.4, -0.2) is 22.3 Å². The highest BCUT2D eigenvalue weighted by molar-refractivity contribution is 6.02. The van der Waals surface area contributed by atoms with Crippen LogP contribution in [0.25, 0.3) is 33.2 Å². The van der Waals surface area contributed by atoms with Crippen LogP contribution in [0.4, 0.5) is 0 Å². The molecule has 4 heteroatoms. The van der Waals surface area contributed by atoms with Crippen LogP contribution >= 0.6 is 0 Å². The first-order valence-electron chi connectivity index (χ1n) is 7.66. The zero-order valence-corrected chi connectivity index (χ0v) is 13.2. The van der Waals surface area contributed by atoms with E-state index in [2.05, 4.69) is 22.3 Å². The fourth-order valence-electron chi connectivity index (χ4n) is 2.82. The number of pyridine rings is 1. The molecule has 0 radical (unpaired) electrons. The standard InChI is InChI=1S/C20H15N3O/c1-24-16-9-7-14(8-10-16)17-11-21-20(15-5-3-2-4-6-15)19-13-23-22-12-18(17)19/h2-13H,1H3. The van der Waals surface area contributed by atoms with Gasteiger partial charge in [0.15, 0.2) is 0 Å². The van der Waals surface area contributed by atoms with Gasteiger partial charge < -0.3 is 4.74 Å². The summed E-state index contributed by atoms with van der Waals surface area (Å²) >= 11 is 0. The van der Waals surface area contributed by atoms with Gasteiger partial charge in [-0.2, -0.15) is 10.2 Å². The highest BCUT2D eigenvalue weighted by atomic mass is 16.5. The van der Waals surface area contributed by atoms with E-state index in [1.807, 2.05) is 48.7 Å². The molecule has 0 aliphatic rings. The van der Waals surface area contributed by atoms with E-state index < -0.39 is 0 Å². The smallest absolute Gasteiger partial charge is 0.118 e. The summed E-state index contributed by atoms with van der Waals surface area (Å²) < 4.78 is 5.23.